The fourth-order valence-corrected chi connectivity index (χ4v) is 2.61. The number of ether oxygens (including phenoxy) is 2. The quantitative estimate of drug-likeness (QED) is 0.940. The highest BCUT2D eigenvalue weighted by Crippen LogP contribution is 2.29. The lowest BCUT2D eigenvalue weighted by Crippen LogP contribution is -2.22. The number of rotatable bonds is 4. The van der Waals surface area contributed by atoms with E-state index in [-0.39, 0.29) is 25.1 Å². The van der Waals surface area contributed by atoms with Gasteiger partial charge in [0.15, 0.2) is 11.6 Å². The summed E-state index contributed by atoms with van der Waals surface area (Å²) in [7, 11) is 0. The molecule has 2 aromatic carbocycles. The Morgan fingerprint density at radius 1 is 1.19 bits per heavy atom. The van der Waals surface area contributed by atoms with E-state index in [1.54, 1.807) is 12.1 Å². The number of hydrogen-bond donors (Lipinski definition) is 1. The van der Waals surface area contributed by atoms with Crippen LogP contribution in [0.2, 0.25) is 0 Å². The summed E-state index contributed by atoms with van der Waals surface area (Å²) in [6, 6.07) is 12.6. The van der Waals surface area contributed by atoms with Gasteiger partial charge in [-0.25, -0.2) is 4.39 Å². The molecule has 0 saturated heterocycles. The Hall–Kier alpha value is -1.91. The van der Waals surface area contributed by atoms with Crippen LogP contribution in [0.25, 0.3) is 0 Å². The van der Waals surface area contributed by atoms with Gasteiger partial charge in [-0.05, 0) is 23.6 Å². The predicted octanol–water partition coefficient (Wildman–Crippen LogP) is 3.01. The van der Waals surface area contributed by atoms with E-state index in [0.29, 0.717) is 12.2 Å². The Morgan fingerprint density at radius 2 is 2.05 bits per heavy atom. The lowest BCUT2D eigenvalue weighted by molar-refractivity contribution is 0.00885. The van der Waals surface area contributed by atoms with E-state index in [2.05, 4.69) is 6.07 Å². The minimum atomic E-state index is -0.467. The van der Waals surface area contributed by atoms with Gasteiger partial charge in [-0.3, -0.25) is 0 Å². The van der Waals surface area contributed by atoms with E-state index < -0.39 is 5.82 Å². The van der Waals surface area contributed by atoms with Crippen molar-refractivity contribution in [2.45, 2.75) is 19.1 Å². The molecule has 0 saturated carbocycles. The molecule has 3 nitrogen and oxygen atoms in total. The summed E-state index contributed by atoms with van der Waals surface area (Å²) in [4.78, 5) is 0. The molecule has 0 amide bonds. The Labute approximate surface area is 122 Å². The summed E-state index contributed by atoms with van der Waals surface area (Å²) >= 11 is 0. The number of halogens is 1. The Balaban J connectivity index is 1.78. The molecule has 1 N–H and O–H groups in total. The van der Waals surface area contributed by atoms with Crippen molar-refractivity contribution in [1.29, 1.82) is 0 Å². The van der Waals surface area contributed by atoms with Gasteiger partial charge < -0.3 is 14.6 Å². The van der Waals surface area contributed by atoms with Crippen LogP contribution in [-0.2, 0) is 17.8 Å². The van der Waals surface area contributed by atoms with Crippen molar-refractivity contribution in [3.8, 4) is 5.75 Å². The molecule has 1 aliphatic heterocycles. The van der Waals surface area contributed by atoms with Crippen LogP contribution >= 0.6 is 0 Å². The molecule has 0 aliphatic carbocycles. The van der Waals surface area contributed by atoms with E-state index in [1.165, 1.54) is 11.6 Å². The summed E-state index contributed by atoms with van der Waals surface area (Å²) in [5.41, 5.74) is 2.78. The monoisotopic (exact) mass is 288 g/mol. The molecule has 21 heavy (non-hydrogen) atoms. The van der Waals surface area contributed by atoms with Crippen molar-refractivity contribution in [3.63, 3.8) is 0 Å². The molecule has 0 spiro atoms. The topological polar surface area (TPSA) is 38.7 Å². The standard InChI is InChI=1S/C17H17FO3/c18-15-7-3-5-13(10-19)17(15)21-11-16-14-6-2-1-4-12(14)8-9-20-16/h1-7,16,19H,8-11H2. The van der Waals surface area contributed by atoms with Crippen molar-refractivity contribution < 1.29 is 19.0 Å². The Kier molecular flexibility index (Phi) is 4.18. The third-order valence-electron chi connectivity index (χ3n) is 3.69. The Bertz CT molecular complexity index is 627. The van der Waals surface area contributed by atoms with Gasteiger partial charge in [0.05, 0.1) is 13.2 Å². The number of aliphatic hydroxyl groups excluding tert-OH is 1. The van der Waals surface area contributed by atoms with E-state index >= 15 is 0 Å². The van der Waals surface area contributed by atoms with Crippen molar-refractivity contribution in [2.24, 2.45) is 0 Å². The first-order chi connectivity index (χ1) is 10.3. The summed E-state index contributed by atoms with van der Waals surface area (Å²) in [6.45, 7) is 0.606. The first kappa shape index (κ1) is 14.0. The second-order valence-corrected chi connectivity index (χ2v) is 5.01. The third-order valence-corrected chi connectivity index (χ3v) is 3.69. The van der Waals surface area contributed by atoms with E-state index in [1.807, 2.05) is 18.2 Å². The summed E-state index contributed by atoms with van der Waals surface area (Å²) in [6.07, 6.45) is 0.676. The minimum Gasteiger partial charge on any atom is -0.487 e. The SMILES string of the molecule is OCc1cccc(F)c1OCC1OCCc2ccccc21. The van der Waals surface area contributed by atoms with Gasteiger partial charge in [-0.15, -0.1) is 0 Å². The molecule has 0 aromatic heterocycles. The molecule has 4 heteroatoms. The fourth-order valence-electron chi connectivity index (χ4n) is 2.61. The van der Waals surface area contributed by atoms with Gasteiger partial charge in [0, 0.05) is 5.56 Å². The van der Waals surface area contributed by atoms with Crippen LogP contribution in [0.5, 0.6) is 5.75 Å². The highest BCUT2D eigenvalue weighted by atomic mass is 19.1. The number of para-hydroxylation sites is 1. The van der Waals surface area contributed by atoms with Crippen LogP contribution in [-0.4, -0.2) is 18.3 Å². The van der Waals surface area contributed by atoms with Crippen LogP contribution < -0.4 is 4.74 Å². The highest BCUT2D eigenvalue weighted by Gasteiger charge is 2.22. The summed E-state index contributed by atoms with van der Waals surface area (Å²) in [5, 5.41) is 9.26. The molecule has 0 fully saturated rings. The normalized spacial score (nSPS) is 17.3. The molecule has 1 unspecified atom stereocenters. The van der Waals surface area contributed by atoms with Crippen LogP contribution in [0.4, 0.5) is 4.39 Å². The average molecular weight is 288 g/mol. The molecule has 1 atom stereocenters. The summed E-state index contributed by atoms with van der Waals surface area (Å²) < 4.78 is 25.1. The smallest absolute Gasteiger partial charge is 0.165 e. The molecule has 3 rings (SSSR count). The average Bonchev–Trinajstić information content (AvgIpc) is 2.53. The van der Waals surface area contributed by atoms with Gasteiger partial charge >= 0.3 is 0 Å². The Morgan fingerprint density at radius 3 is 2.90 bits per heavy atom. The fraction of sp³-hybridized carbons (Fsp3) is 0.294. The van der Waals surface area contributed by atoms with Crippen LogP contribution in [0.3, 0.4) is 0 Å². The van der Waals surface area contributed by atoms with Crippen molar-refractivity contribution in [2.75, 3.05) is 13.2 Å². The zero-order valence-electron chi connectivity index (χ0n) is 11.6. The maximum atomic E-state index is 13.8. The molecule has 0 radical (unpaired) electrons. The molecule has 2 aromatic rings. The van der Waals surface area contributed by atoms with E-state index in [4.69, 9.17) is 9.47 Å². The largest absolute Gasteiger partial charge is 0.487 e. The molecule has 1 heterocycles. The van der Waals surface area contributed by atoms with Crippen LogP contribution in [0, 0.1) is 5.82 Å². The summed E-state index contributed by atoms with van der Waals surface area (Å²) in [5.74, 6) is -0.364. The third kappa shape index (κ3) is 2.91. The maximum absolute atomic E-state index is 13.8. The van der Waals surface area contributed by atoms with E-state index in [0.717, 1.165) is 12.0 Å². The van der Waals surface area contributed by atoms with Gasteiger partial charge in [0.25, 0.3) is 0 Å². The molecule has 0 bridgehead atoms. The van der Waals surface area contributed by atoms with E-state index in [9.17, 15) is 9.50 Å². The predicted molar refractivity (Wildman–Crippen MR) is 76.7 cm³/mol. The van der Waals surface area contributed by atoms with Crippen LogP contribution in [0.15, 0.2) is 42.5 Å². The maximum Gasteiger partial charge on any atom is 0.165 e. The number of fused-ring (bicyclic) bond motifs is 1. The van der Waals surface area contributed by atoms with Gasteiger partial charge in [-0.2, -0.15) is 0 Å². The van der Waals surface area contributed by atoms with Gasteiger partial charge in [-0.1, -0.05) is 36.4 Å². The first-order valence-electron chi connectivity index (χ1n) is 7.00. The van der Waals surface area contributed by atoms with Crippen LogP contribution in [0.1, 0.15) is 22.8 Å². The number of benzene rings is 2. The van der Waals surface area contributed by atoms with Gasteiger partial charge in [0.1, 0.15) is 12.7 Å². The lowest BCUT2D eigenvalue weighted by Gasteiger charge is -2.26. The van der Waals surface area contributed by atoms with Crippen molar-refractivity contribution >= 4 is 0 Å². The number of aliphatic hydroxyl groups is 1. The highest BCUT2D eigenvalue weighted by molar-refractivity contribution is 5.35. The molecular weight excluding hydrogens is 271 g/mol. The second-order valence-electron chi connectivity index (χ2n) is 5.01. The second kappa shape index (κ2) is 6.24. The number of hydrogen-bond acceptors (Lipinski definition) is 3. The molecule has 110 valence electrons. The van der Waals surface area contributed by atoms with Crippen molar-refractivity contribution in [1.82, 2.24) is 0 Å². The molecular formula is C17H17FO3. The van der Waals surface area contributed by atoms with Crippen molar-refractivity contribution in [3.05, 3.63) is 65.0 Å². The zero-order chi connectivity index (χ0) is 14.7. The first-order valence-corrected chi connectivity index (χ1v) is 7.00. The zero-order valence-corrected chi connectivity index (χ0v) is 11.6. The minimum absolute atomic E-state index is 0.103. The molecule has 1 aliphatic rings. The van der Waals surface area contributed by atoms with Gasteiger partial charge in [0.2, 0.25) is 0 Å². The lowest BCUT2D eigenvalue weighted by atomic mass is 9.98.